The predicted molar refractivity (Wildman–Crippen MR) is 110 cm³/mol. The molecule has 2 aliphatic rings. The van der Waals surface area contributed by atoms with Gasteiger partial charge in [0.2, 0.25) is 0 Å². The van der Waals surface area contributed by atoms with Crippen molar-refractivity contribution in [2.45, 2.75) is 38.5 Å². The van der Waals surface area contributed by atoms with Crippen molar-refractivity contribution >= 4 is 29.0 Å². The molecular weight excluding hydrogens is 340 g/mol. The smallest absolute Gasteiger partial charge is 0.137 e. The molecule has 0 unspecified atom stereocenters. The number of aliphatic imine (C=N–C) groups is 1. The van der Waals surface area contributed by atoms with E-state index >= 15 is 0 Å². The van der Waals surface area contributed by atoms with Gasteiger partial charge in [-0.2, -0.15) is 0 Å². The molecule has 0 amide bonds. The molecule has 0 saturated carbocycles. The molecule has 3 heterocycles. The molecule has 0 atom stereocenters. The van der Waals surface area contributed by atoms with E-state index in [2.05, 4.69) is 51.7 Å². The molecule has 0 aliphatic carbocycles. The lowest BCUT2D eigenvalue weighted by atomic mass is 10.0. The Morgan fingerprint density at radius 2 is 2.23 bits per heavy atom. The number of allylic oxidation sites excluding steroid dienone is 1. The average Bonchev–Trinajstić information content (AvgIpc) is 3.38. The van der Waals surface area contributed by atoms with Crippen LogP contribution >= 0.6 is 11.3 Å². The molecule has 1 aromatic carbocycles. The molecule has 2 aliphatic heterocycles. The van der Waals surface area contributed by atoms with Crippen LogP contribution in [-0.2, 0) is 24.1 Å². The first-order valence-corrected chi connectivity index (χ1v) is 10.3. The Kier molecular flexibility index (Phi) is 5.30. The maximum atomic E-state index is 12.4. The lowest BCUT2D eigenvalue weighted by Gasteiger charge is -2.19. The highest BCUT2D eigenvalue weighted by atomic mass is 32.1. The molecular formula is C22H24N2OS. The van der Waals surface area contributed by atoms with E-state index < -0.39 is 0 Å². The van der Waals surface area contributed by atoms with E-state index in [1.54, 1.807) is 11.3 Å². The first-order valence-electron chi connectivity index (χ1n) is 9.40. The lowest BCUT2D eigenvalue weighted by Crippen LogP contribution is -2.22. The second-order valence-corrected chi connectivity index (χ2v) is 8.06. The summed E-state index contributed by atoms with van der Waals surface area (Å²) in [7, 11) is 0. The van der Waals surface area contributed by atoms with Crippen molar-refractivity contribution in [3.63, 3.8) is 0 Å². The molecule has 0 spiro atoms. The Hall–Kier alpha value is -2.20. The van der Waals surface area contributed by atoms with Gasteiger partial charge in [-0.1, -0.05) is 24.3 Å². The second-order valence-electron chi connectivity index (χ2n) is 7.03. The quantitative estimate of drug-likeness (QED) is 0.685. The molecule has 3 nitrogen and oxygen atoms in total. The minimum atomic E-state index is 0.342. The van der Waals surface area contributed by atoms with Crippen LogP contribution in [0.1, 0.15) is 35.3 Å². The standard InChI is InChI=1S/C22H24N2OS/c25-20(5-1-6-21-7-3-13-26-21)14-17-8-9-18-10-12-24(22(18)15-17)16-19-4-2-11-23-19/h3-4,7-9,11,13,15H,1-2,5-6,10,12,14,16H2. The van der Waals surface area contributed by atoms with Crippen LogP contribution in [0.5, 0.6) is 0 Å². The molecule has 4 heteroatoms. The first kappa shape index (κ1) is 17.2. The molecule has 0 radical (unpaired) electrons. The van der Waals surface area contributed by atoms with Gasteiger partial charge in [-0.05, 0) is 47.9 Å². The first-order chi connectivity index (χ1) is 12.8. The number of hydrogen-bond donors (Lipinski definition) is 0. The van der Waals surface area contributed by atoms with E-state index in [0.717, 1.165) is 50.0 Å². The third-order valence-electron chi connectivity index (χ3n) is 5.07. The summed E-state index contributed by atoms with van der Waals surface area (Å²) in [4.78, 5) is 20.6. The van der Waals surface area contributed by atoms with Gasteiger partial charge in [0.05, 0.1) is 12.2 Å². The van der Waals surface area contributed by atoms with Gasteiger partial charge in [-0.15, -0.1) is 11.3 Å². The SMILES string of the molecule is O=C(CCCc1cccs1)Cc1ccc2c(c1)N(CC1=CCC=N1)CC2. The predicted octanol–water partition coefficient (Wildman–Crippen LogP) is 4.60. The molecule has 4 rings (SSSR count). The van der Waals surface area contributed by atoms with E-state index in [4.69, 9.17) is 0 Å². The summed E-state index contributed by atoms with van der Waals surface area (Å²) in [6, 6.07) is 10.8. The molecule has 2 aromatic rings. The number of nitrogens with zero attached hydrogens (tertiary/aromatic N) is 2. The Balaban J connectivity index is 1.34. The zero-order valence-electron chi connectivity index (χ0n) is 15.0. The molecule has 134 valence electrons. The number of Topliss-reactive ketones (excluding diaryl/α,β-unsaturated/α-hetero) is 1. The van der Waals surface area contributed by atoms with Crippen molar-refractivity contribution in [1.29, 1.82) is 0 Å². The zero-order valence-corrected chi connectivity index (χ0v) is 15.8. The van der Waals surface area contributed by atoms with Gasteiger partial charge >= 0.3 is 0 Å². The molecule has 0 fully saturated rings. The third kappa shape index (κ3) is 4.13. The van der Waals surface area contributed by atoms with Crippen molar-refractivity contribution < 1.29 is 4.79 Å². The third-order valence-corrected chi connectivity index (χ3v) is 6.01. The minimum Gasteiger partial charge on any atom is -0.365 e. The van der Waals surface area contributed by atoms with Crippen LogP contribution in [0.4, 0.5) is 5.69 Å². The maximum absolute atomic E-state index is 12.4. The summed E-state index contributed by atoms with van der Waals surface area (Å²) in [6.07, 6.45) is 9.38. The second kappa shape index (κ2) is 8.00. The number of aryl methyl sites for hydroxylation is 1. The van der Waals surface area contributed by atoms with Crippen molar-refractivity contribution in [1.82, 2.24) is 0 Å². The van der Waals surface area contributed by atoms with Crippen LogP contribution in [0.25, 0.3) is 0 Å². The van der Waals surface area contributed by atoms with Gasteiger partial charge < -0.3 is 4.90 Å². The Morgan fingerprint density at radius 3 is 3.04 bits per heavy atom. The molecule has 26 heavy (non-hydrogen) atoms. The number of carbonyl (C=O) groups excluding carboxylic acids is 1. The maximum Gasteiger partial charge on any atom is 0.137 e. The summed E-state index contributed by atoms with van der Waals surface area (Å²) in [5.74, 6) is 0.342. The van der Waals surface area contributed by atoms with Gasteiger partial charge in [-0.25, -0.2) is 0 Å². The minimum absolute atomic E-state index is 0.342. The van der Waals surface area contributed by atoms with Crippen molar-refractivity contribution in [3.05, 3.63) is 63.5 Å². The highest BCUT2D eigenvalue weighted by Crippen LogP contribution is 2.30. The number of fused-ring (bicyclic) bond motifs is 1. The summed E-state index contributed by atoms with van der Waals surface area (Å²) < 4.78 is 0. The van der Waals surface area contributed by atoms with Crippen LogP contribution in [0.2, 0.25) is 0 Å². The van der Waals surface area contributed by atoms with Gasteiger partial charge in [0.25, 0.3) is 0 Å². The fourth-order valence-corrected chi connectivity index (χ4v) is 4.46. The highest BCUT2D eigenvalue weighted by Gasteiger charge is 2.21. The summed E-state index contributed by atoms with van der Waals surface area (Å²) in [5, 5.41) is 2.10. The number of rotatable bonds is 8. The average molecular weight is 365 g/mol. The molecule has 0 N–H and O–H groups in total. The highest BCUT2D eigenvalue weighted by molar-refractivity contribution is 7.09. The van der Waals surface area contributed by atoms with Crippen LogP contribution in [0.15, 0.2) is 52.5 Å². The normalized spacial score (nSPS) is 15.4. The lowest BCUT2D eigenvalue weighted by molar-refractivity contribution is -0.118. The van der Waals surface area contributed by atoms with Crippen molar-refractivity contribution in [3.8, 4) is 0 Å². The van der Waals surface area contributed by atoms with Crippen molar-refractivity contribution in [2.24, 2.45) is 4.99 Å². The van der Waals surface area contributed by atoms with Crippen LogP contribution in [0, 0.1) is 0 Å². The Bertz CT molecular complexity index is 836. The van der Waals surface area contributed by atoms with Gasteiger partial charge in [-0.3, -0.25) is 9.79 Å². The van der Waals surface area contributed by atoms with Crippen molar-refractivity contribution in [2.75, 3.05) is 18.0 Å². The van der Waals surface area contributed by atoms with Crippen LogP contribution in [-0.4, -0.2) is 25.1 Å². The molecule has 0 saturated heterocycles. The fraction of sp³-hybridized carbons (Fsp3) is 0.364. The number of benzene rings is 1. The zero-order chi connectivity index (χ0) is 17.8. The van der Waals surface area contributed by atoms with Gasteiger partial charge in [0.15, 0.2) is 0 Å². The largest absolute Gasteiger partial charge is 0.365 e. The van der Waals surface area contributed by atoms with E-state index in [0.29, 0.717) is 18.6 Å². The summed E-state index contributed by atoms with van der Waals surface area (Å²) in [6.45, 7) is 1.92. The van der Waals surface area contributed by atoms with E-state index in [1.807, 2.05) is 6.21 Å². The molecule has 0 bridgehead atoms. The van der Waals surface area contributed by atoms with Gasteiger partial charge in [0, 0.05) is 42.6 Å². The van der Waals surface area contributed by atoms with Gasteiger partial charge in [0.1, 0.15) is 5.78 Å². The molecule has 1 aromatic heterocycles. The number of anilines is 1. The summed E-state index contributed by atoms with van der Waals surface area (Å²) >= 11 is 1.77. The monoisotopic (exact) mass is 364 g/mol. The fourth-order valence-electron chi connectivity index (χ4n) is 3.71. The number of carbonyl (C=O) groups is 1. The number of ketones is 1. The van der Waals surface area contributed by atoms with Crippen LogP contribution < -0.4 is 4.90 Å². The Morgan fingerprint density at radius 1 is 1.27 bits per heavy atom. The van der Waals surface area contributed by atoms with E-state index in [9.17, 15) is 4.79 Å². The Labute approximate surface area is 159 Å². The van der Waals surface area contributed by atoms with E-state index in [-0.39, 0.29) is 0 Å². The van der Waals surface area contributed by atoms with Crippen LogP contribution in [0.3, 0.4) is 0 Å². The van der Waals surface area contributed by atoms with E-state index in [1.165, 1.54) is 16.1 Å². The number of hydrogen-bond acceptors (Lipinski definition) is 4. The summed E-state index contributed by atoms with van der Waals surface area (Å²) in [5.41, 5.74) is 4.98. The topological polar surface area (TPSA) is 32.7 Å². The number of thiophene rings is 1.